The Morgan fingerprint density at radius 1 is 1.20 bits per heavy atom. The van der Waals surface area contributed by atoms with E-state index < -0.39 is 28.9 Å². The lowest BCUT2D eigenvalue weighted by molar-refractivity contribution is 0.0620. The molecular formula is C13H12F2N2O2S. The molecule has 1 heterocycles. The lowest BCUT2D eigenvalue weighted by Crippen LogP contribution is -2.44. The van der Waals surface area contributed by atoms with Crippen LogP contribution in [0.4, 0.5) is 8.78 Å². The highest BCUT2D eigenvalue weighted by Crippen LogP contribution is 2.28. The van der Waals surface area contributed by atoms with Crippen molar-refractivity contribution >= 4 is 29.0 Å². The van der Waals surface area contributed by atoms with Crippen molar-refractivity contribution in [3.05, 3.63) is 34.9 Å². The maximum Gasteiger partial charge on any atom is 0.261 e. The van der Waals surface area contributed by atoms with Crippen molar-refractivity contribution in [1.82, 2.24) is 4.90 Å². The van der Waals surface area contributed by atoms with E-state index in [0.29, 0.717) is 0 Å². The third kappa shape index (κ3) is 2.18. The van der Waals surface area contributed by atoms with E-state index >= 15 is 0 Å². The monoisotopic (exact) mass is 298 g/mol. The second-order valence-electron chi connectivity index (χ2n) is 5.26. The van der Waals surface area contributed by atoms with Crippen LogP contribution in [-0.4, -0.2) is 28.2 Å². The van der Waals surface area contributed by atoms with E-state index in [1.54, 1.807) is 13.8 Å². The van der Waals surface area contributed by atoms with Crippen LogP contribution < -0.4 is 5.73 Å². The predicted molar refractivity (Wildman–Crippen MR) is 72.3 cm³/mol. The number of nitrogens with zero attached hydrogens (tertiary/aromatic N) is 1. The van der Waals surface area contributed by atoms with Crippen LogP contribution >= 0.6 is 12.2 Å². The third-order valence-electron chi connectivity index (χ3n) is 3.23. The quantitative estimate of drug-likeness (QED) is 0.683. The molecule has 106 valence electrons. The summed E-state index contributed by atoms with van der Waals surface area (Å²) in [6.07, 6.45) is 0. The average molecular weight is 298 g/mol. The van der Waals surface area contributed by atoms with Crippen molar-refractivity contribution in [3.8, 4) is 0 Å². The van der Waals surface area contributed by atoms with Gasteiger partial charge >= 0.3 is 0 Å². The fraction of sp³-hybridized carbons (Fsp3) is 0.308. The number of fused-ring (bicyclic) bond motifs is 1. The number of halogens is 2. The molecule has 1 aromatic rings. The second-order valence-corrected chi connectivity index (χ2v) is 5.70. The Bertz CT molecular complexity index is 603. The molecule has 2 N–H and O–H groups in total. The van der Waals surface area contributed by atoms with Gasteiger partial charge in [-0.25, -0.2) is 8.78 Å². The molecule has 1 aliphatic heterocycles. The number of nitrogens with two attached hydrogens (primary N) is 1. The minimum Gasteiger partial charge on any atom is -0.393 e. The Kier molecular flexibility index (Phi) is 3.33. The van der Waals surface area contributed by atoms with Gasteiger partial charge < -0.3 is 5.73 Å². The SMILES string of the molecule is CC(C)(CN1C(=O)c2cc(F)c(F)cc2C1=O)C(N)=S. The van der Waals surface area contributed by atoms with Crippen LogP contribution in [0.1, 0.15) is 34.6 Å². The molecule has 20 heavy (non-hydrogen) atoms. The van der Waals surface area contributed by atoms with E-state index in [4.69, 9.17) is 18.0 Å². The summed E-state index contributed by atoms with van der Waals surface area (Å²) in [7, 11) is 0. The maximum atomic E-state index is 13.2. The first-order valence-corrected chi connectivity index (χ1v) is 6.21. The molecule has 0 bridgehead atoms. The Hall–Kier alpha value is -1.89. The fourth-order valence-corrected chi connectivity index (χ4v) is 1.97. The molecule has 7 heteroatoms. The van der Waals surface area contributed by atoms with Gasteiger partial charge in [0.2, 0.25) is 0 Å². The van der Waals surface area contributed by atoms with E-state index in [1.165, 1.54) is 0 Å². The molecule has 4 nitrogen and oxygen atoms in total. The second kappa shape index (κ2) is 4.59. The zero-order valence-electron chi connectivity index (χ0n) is 10.9. The number of carbonyl (C=O) groups is 2. The Morgan fingerprint density at radius 3 is 1.95 bits per heavy atom. The molecule has 0 aliphatic carbocycles. The van der Waals surface area contributed by atoms with Gasteiger partial charge in [-0.3, -0.25) is 14.5 Å². The van der Waals surface area contributed by atoms with Gasteiger partial charge in [-0.05, 0) is 12.1 Å². The summed E-state index contributed by atoms with van der Waals surface area (Å²) in [5, 5.41) is 0. The minimum atomic E-state index is -1.17. The number of benzene rings is 1. The summed E-state index contributed by atoms with van der Waals surface area (Å²) in [6.45, 7) is 3.32. The van der Waals surface area contributed by atoms with E-state index in [9.17, 15) is 18.4 Å². The van der Waals surface area contributed by atoms with Crippen LogP contribution in [0.3, 0.4) is 0 Å². The maximum absolute atomic E-state index is 13.2. The molecule has 0 radical (unpaired) electrons. The lowest BCUT2D eigenvalue weighted by Gasteiger charge is -2.27. The normalized spacial score (nSPS) is 14.7. The molecule has 0 aromatic heterocycles. The molecule has 2 amide bonds. The van der Waals surface area contributed by atoms with Gasteiger partial charge in [0.05, 0.1) is 16.1 Å². The first-order valence-electron chi connectivity index (χ1n) is 5.80. The van der Waals surface area contributed by atoms with Crippen LogP contribution in [0.15, 0.2) is 12.1 Å². The zero-order chi connectivity index (χ0) is 15.2. The van der Waals surface area contributed by atoms with Gasteiger partial charge in [0.15, 0.2) is 11.6 Å². The topological polar surface area (TPSA) is 63.4 Å². The number of hydrogen-bond donors (Lipinski definition) is 1. The summed E-state index contributed by atoms with van der Waals surface area (Å²) < 4.78 is 26.3. The number of hydrogen-bond acceptors (Lipinski definition) is 3. The van der Waals surface area contributed by atoms with Crippen molar-refractivity contribution in [3.63, 3.8) is 0 Å². The highest BCUT2D eigenvalue weighted by atomic mass is 32.1. The molecule has 0 unspecified atom stereocenters. The molecule has 0 fully saturated rings. The molecule has 0 atom stereocenters. The Labute approximate surface area is 119 Å². The number of rotatable bonds is 3. The summed E-state index contributed by atoms with van der Waals surface area (Å²) in [4.78, 5) is 25.3. The largest absolute Gasteiger partial charge is 0.393 e. The van der Waals surface area contributed by atoms with Crippen LogP contribution in [-0.2, 0) is 0 Å². The highest BCUT2D eigenvalue weighted by Gasteiger charge is 2.40. The predicted octanol–water partition coefficient (Wildman–Crippen LogP) is 1.87. The molecular weight excluding hydrogens is 286 g/mol. The Morgan fingerprint density at radius 2 is 1.60 bits per heavy atom. The molecule has 0 saturated carbocycles. The van der Waals surface area contributed by atoms with Gasteiger partial charge in [0.1, 0.15) is 0 Å². The smallest absolute Gasteiger partial charge is 0.261 e. The summed E-state index contributed by atoms with van der Waals surface area (Å²) >= 11 is 4.88. The van der Waals surface area contributed by atoms with Crippen molar-refractivity contribution in [2.45, 2.75) is 13.8 Å². The fourth-order valence-electron chi connectivity index (χ4n) is 1.90. The average Bonchev–Trinajstić information content (AvgIpc) is 2.55. The molecule has 2 rings (SSSR count). The molecule has 1 aromatic carbocycles. The van der Waals surface area contributed by atoms with E-state index in [-0.39, 0.29) is 22.7 Å². The number of thiocarbonyl (C=S) groups is 1. The first-order chi connectivity index (χ1) is 9.15. The lowest BCUT2D eigenvalue weighted by atomic mass is 9.93. The van der Waals surface area contributed by atoms with Gasteiger partial charge in [-0.1, -0.05) is 26.1 Å². The highest BCUT2D eigenvalue weighted by molar-refractivity contribution is 7.80. The van der Waals surface area contributed by atoms with E-state index in [0.717, 1.165) is 17.0 Å². The minimum absolute atomic E-state index is 0.0437. The van der Waals surface area contributed by atoms with Crippen LogP contribution in [0, 0.1) is 17.0 Å². The number of amides is 2. The van der Waals surface area contributed by atoms with Crippen molar-refractivity contribution < 1.29 is 18.4 Å². The van der Waals surface area contributed by atoms with Crippen molar-refractivity contribution in [2.24, 2.45) is 11.1 Å². The van der Waals surface area contributed by atoms with Crippen LogP contribution in [0.25, 0.3) is 0 Å². The van der Waals surface area contributed by atoms with Crippen molar-refractivity contribution in [2.75, 3.05) is 6.54 Å². The standard InChI is InChI=1S/C13H12F2N2O2S/c1-13(2,12(16)20)5-17-10(18)6-3-8(14)9(15)4-7(6)11(17)19/h3-4H,5H2,1-2H3,(H2,16,20). The van der Waals surface area contributed by atoms with Gasteiger partial charge in [-0.15, -0.1) is 0 Å². The number of imide groups is 1. The Balaban J connectivity index is 2.40. The summed E-state index contributed by atoms with van der Waals surface area (Å²) in [5.41, 5.74) is 4.50. The number of carbonyl (C=O) groups excluding carboxylic acids is 2. The zero-order valence-corrected chi connectivity index (χ0v) is 11.7. The van der Waals surface area contributed by atoms with Crippen molar-refractivity contribution in [1.29, 1.82) is 0 Å². The van der Waals surface area contributed by atoms with Gasteiger partial charge in [0.25, 0.3) is 11.8 Å². The van der Waals surface area contributed by atoms with Gasteiger partial charge in [0, 0.05) is 12.0 Å². The summed E-state index contributed by atoms with van der Waals surface area (Å²) in [6, 6.07) is 1.47. The first kappa shape index (κ1) is 14.5. The van der Waals surface area contributed by atoms with E-state index in [2.05, 4.69) is 0 Å². The molecule has 0 spiro atoms. The van der Waals surface area contributed by atoms with Crippen LogP contribution in [0.2, 0.25) is 0 Å². The molecule has 1 aliphatic rings. The van der Waals surface area contributed by atoms with Gasteiger partial charge in [-0.2, -0.15) is 0 Å². The van der Waals surface area contributed by atoms with E-state index in [1.807, 2.05) is 0 Å². The molecule has 0 saturated heterocycles. The third-order valence-corrected chi connectivity index (χ3v) is 3.78. The van der Waals surface area contributed by atoms with Crippen LogP contribution in [0.5, 0.6) is 0 Å². The summed E-state index contributed by atoms with van der Waals surface area (Å²) in [5.74, 6) is -3.68.